The van der Waals surface area contributed by atoms with Gasteiger partial charge in [-0.3, -0.25) is 0 Å². The Bertz CT molecular complexity index is 111. The minimum absolute atomic E-state index is 1.07. The van der Waals surface area contributed by atoms with E-state index >= 15 is 0 Å². The average Bonchev–Trinajstić information content (AvgIpc) is 2.11. The second kappa shape index (κ2) is 7.76. The summed E-state index contributed by atoms with van der Waals surface area (Å²) in [6.07, 6.45) is 0. The van der Waals surface area contributed by atoms with E-state index in [9.17, 15) is 0 Å². The third-order valence-corrected chi connectivity index (χ3v) is 3.01. The van der Waals surface area contributed by atoms with Crippen molar-refractivity contribution in [2.75, 3.05) is 52.4 Å². The minimum atomic E-state index is 1.07. The van der Waals surface area contributed by atoms with Gasteiger partial charge in [-0.1, -0.05) is 0 Å². The number of nitrogens with zero attached hydrogens (tertiary/aromatic N) is 1. The van der Waals surface area contributed by atoms with Crippen LogP contribution in [0.4, 0.5) is 0 Å². The van der Waals surface area contributed by atoms with Gasteiger partial charge in [-0.25, -0.2) is 0 Å². The molecule has 0 bridgehead atoms. The molecule has 5 heteroatoms. The zero-order chi connectivity index (χ0) is 9.36. The predicted molar refractivity (Wildman–Crippen MR) is 55.9 cm³/mol. The molecule has 0 atom stereocenters. The summed E-state index contributed by atoms with van der Waals surface area (Å²) in [4.78, 5) is 0. The standard InChI is InChI=1S/C8H19GeN4/c9-13-7-5-11-3-1-10-2-4-12-6-8-13/h10-12H,1-8H2. The summed E-state index contributed by atoms with van der Waals surface area (Å²) < 4.78 is 2.36. The summed E-state index contributed by atoms with van der Waals surface area (Å²) in [5.74, 6) is 0. The second-order valence-electron chi connectivity index (χ2n) is 3.24. The summed E-state index contributed by atoms with van der Waals surface area (Å²) in [6.45, 7) is 8.78. The quantitative estimate of drug-likeness (QED) is 0.437. The summed E-state index contributed by atoms with van der Waals surface area (Å²) in [6, 6.07) is 0. The molecule has 0 unspecified atom stereocenters. The first-order valence-corrected chi connectivity index (χ1v) is 5.92. The molecule has 1 heterocycles. The molecule has 0 amide bonds. The van der Waals surface area contributed by atoms with Gasteiger partial charge in [-0.15, -0.1) is 0 Å². The molecule has 1 fully saturated rings. The molecule has 13 heavy (non-hydrogen) atoms. The normalized spacial score (nSPS) is 24.7. The Labute approximate surface area is 89.3 Å². The van der Waals surface area contributed by atoms with Crippen molar-refractivity contribution in [2.24, 2.45) is 0 Å². The summed E-state index contributed by atoms with van der Waals surface area (Å²) >= 11 is 2.17. The number of rotatable bonds is 0. The van der Waals surface area contributed by atoms with E-state index in [1.807, 2.05) is 0 Å². The van der Waals surface area contributed by atoms with E-state index in [1.165, 1.54) is 0 Å². The fourth-order valence-electron chi connectivity index (χ4n) is 1.27. The Morgan fingerprint density at radius 3 is 1.54 bits per heavy atom. The van der Waals surface area contributed by atoms with E-state index in [1.54, 1.807) is 0 Å². The molecule has 0 aromatic rings. The molecule has 75 valence electrons. The number of nitrogens with one attached hydrogen (secondary N) is 3. The molecule has 1 aliphatic heterocycles. The van der Waals surface area contributed by atoms with Crippen molar-refractivity contribution < 1.29 is 0 Å². The molecule has 3 radical (unpaired) electrons. The van der Waals surface area contributed by atoms with Crippen molar-refractivity contribution in [1.29, 1.82) is 0 Å². The van der Waals surface area contributed by atoms with Gasteiger partial charge in [-0.05, 0) is 0 Å². The molecule has 1 aliphatic rings. The molecular weight excluding hydrogens is 225 g/mol. The summed E-state index contributed by atoms with van der Waals surface area (Å²) in [5.41, 5.74) is 0. The SMILES string of the molecule is [Ge][N]1CCNCCNCCNCC1. The van der Waals surface area contributed by atoms with Gasteiger partial charge in [0.15, 0.2) is 0 Å². The molecular formula is C8H19GeN4. The number of hydrogen-bond acceptors (Lipinski definition) is 4. The number of hydrogen-bond donors (Lipinski definition) is 3. The van der Waals surface area contributed by atoms with Crippen LogP contribution in [0.3, 0.4) is 0 Å². The van der Waals surface area contributed by atoms with Crippen molar-refractivity contribution in [3.05, 3.63) is 0 Å². The Balaban J connectivity index is 2.11. The fourth-order valence-corrected chi connectivity index (χ4v) is 1.74. The predicted octanol–water partition coefficient (Wildman–Crippen LogP) is -1.85. The maximum absolute atomic E-state index is 3.41. The third kappa shape index (κ3) is 6.45. The van der Waals surface area contributed by atoms with Crippen LogP contribution in [0.1, 0.15) is 0 Å². The van der Waals surface area contributed by atoms with E-state index in [-0.39, 0.29) is 0 Å². The van der Waals surface area contributed by atoms with Gasteiger partial charge in [0, 0.05) is 0 Å². The topological polar surface area (TPSA) is 39.3 Å². The fraction of sp³-hybridized carbons (Fsp3) is 1.00. The third-order valence-electron chi connectivity index (χ3n) is 2.07. The van der Waals surface area contributed by atoms with E-state index in [4.69, 9.17) is 0 Å². The first-order chi connectivity index (χ1) is 6.39. The first kappa shape index (κ1) is 11.5. The molecule has 3 N–H and O–H groups in total. The molecule has 0 saturated carbocycles. The molecule has 4 nitrogen and oxygen atoms in total. The maximum atomic E-state index is 3.41. The van der Waals surface area contributed by atoms with Gasteiger partial charge in [0.2, 0.25) is 0 Å². The molecule has 0 spiro atoms. The molecule has 0 aliphatic carbocycles. The Kier molecular flexibility index (Phi) is 6.84. The summed E-state index contributed by atoms with van der Waals surface area (Å²) in [7, 11) is 0. The van der Waals surface area contributed by atoms with Crippen LogP contribution >= 0.6 is 0 Å². The van der Waals surface area contributed by atoms with Crippen molar-refractivity contribution >= 4 is 16.7 Å². The Morgan fingerprint density at radius 1 is 0.692 bits per heavy atom. The molecule has 1 rings (SSSR count). The first-order valence-electron chi connectivity index (χ1n) is 4.98. The molecule has 1 saturated heterocycles. The molecule has 0 aromatic heterocycles. The van der Waals surface area contributed by atoms with Crippen LogP contribution in [0.15, 0.2) is 0 Å². The summed E-state index contributed by atoms with van der Waals surface area (Å²) in [5, 5.41) is 10.2. The van der Waals surface area contributed by atoms with E-state index in [2.05, 4.69) is 36.5 Å². The van der Waals surface area contributed by atoms with Crippen LogP contribution in [-0.4, -0.2) is 73.0 Å². The van der Waals surface area contributed by atoms with Gasteiger partial charge in [0.05, 0.1) is 0 Å². The second-order valence-corrected chi connectivity index (χ2v) is 4.56. The van der Waals surface area contributed by atoms with Crippen LogP contribution in [0.25, 0.3) is 0 Å². The Hall–Kier alpha value is 0.383. The van der Waals surface area contributed by atoms with Crippen LogP contribution in [-0.2, 0) is 0 Å². The van der Waals surface area contributed by atoms with Crippen molar-refractivity contribution in [3.63, 3.8) is 0 Å². The average molecular weight is 244 g/mol. The van der Waals surface area contributed by atoms with Gasteiger partial charge < -0.3 is 0 Å². The van der Waals surface area contributed by atoms with Crippen LogP contribution in [0.2, 0.25) is 0 Å². The molecule has 0 aromatic carbocycles. The van der Waals surface area contributed by atoms with Crippen molar-refractivity contribution in [1.82, 2.24) is 19.8 Å². The zero-order valence-corrected chi connectivity index (χ0v) is 10.2. The van der Waals surface area contributed by atoms with Crippen LogP contribution < -0.4 is 16.0 Å². The van der Waals surface area contributed by atoms with Gasteiger partial charge >= 0.3 is 88.9 Å². The van der Waals surface area contributed by atoms with E-state index < -0.39 is 0 Å². The van der Waals surface area contributed by atoms with Crippen LogP contribution in [0, 0.1) is 0 Å². The van der Waals surface area contributed by atoms with E-state index in [0.29, 0.717) is 0 Å². The van der Waals surface area contributed by atoms with Crippen LogP contribution in [0.5, 0.6) is 0 Å². The van der Waals surface area contributed by atoms with Gasteiger partial charge in [0.25, 0.3) is 0 Å². The monoisotopic (exact) mass is 245 g/mol. The van der Waals surface area contributed by atoms with Gasteiger partial charge in [-0.2, -0.15) is 0 Å². The van der Waals surface area contributed by atoms with Gasteiger partial charge in [0.1, 0.15) is 0 Å². The van der Waals surface area contributed by atoms with E-state index in [0.717, 1.165) is 52.4 Å². The van der Waals surface area contributed by atoms with Crippen molar-refractivity contribution in [3.8, 4) is 0 Å². The van der Waals surface area contributed by atoms with Crippen molar-refractivity contribution in [2.45, 2.75) is 0 Å². The zero-order valence-electron chi connectivity index (χ0n) is 8.10. The Morgan fingerprint density at radius 2 is 1.08 bits per heavy atom.